The first-order valence-corrected chi connectivity index (χ1v) is 8.67. The predicted molar refractivity (Wildman–Crippen MR) is 86.0 cm³/mol. The molecule has 0 aliphatic heterocycles. The van der Waals surface area contributed by atoms with Crippen molar-refractivity contribution in [2.24, 2.45) is 0 Å². The summed E-state index contributed by atoms with van der Waals surface area (Å²) in [6.07, 6.45) is 0.550. The van der Waals surface area contributed by atoms with Crippen LogP contribution < -0.4 is 9.46 Å². The molecule has 2 aromatic carbocycles. The number of nitrogens with one attached hydrogen (secondary N) is 1. The lowest BCUT2D eigenvalue weighted by Gasteiger charge is -2.10. The lowest BCUT2D eigenvalue weighted by molar-refractivity contribution is 0.409. The molecule has 21 heavy (non-hydrogen) atoms. The summed E-state index contributed by atoms with van der Waals surface area (Å²) in [5.74, 6) is 0.747. The van der Waals surface area contributed by atoms with Crippen molar-refractivity contribution in [3.05, 3.63) is 58.6 Å². The molecule has 6 heteroatoms. The van der Waals surface area contributed by atoms with E-state index in [1.165, 1.54) is 0 Å². The van der Waals surface area contributed by atoms with Crippen LogP contribution in [-0.2, 0) is 16.4 Å². The highest BCUT2D eigenvalue weighted by Gasteiger charge is 2.13. The molecular formula is C15H16BrNO3S. The van der Waals surface area contributed by atoms with E-state index in [1.807, 2.05) is 18.2 Å². The molecule has 0 radical (unpaired) electrons. The van der Waals surface area contributed by atoms with Gasteiger partial charge in [-0.05, 0) is 42.3 Å². The number of sulfonamides is 1. The normalized spacial score (nSPS) is 11.3. The predicted octanol–water partition coefficient (Wildman–Crippen LogP) is 2.98. The second kappa shape index (κ2) is 7.06. The first kappa shape index (κ1) is 16.0. The molecule has 0 aromatic heterocycles. The highest BCUT2D eigenvalue weighted by atomic mass is 79.9. The third-order valence-electron chi connectivity index (χ3n) is 2.98. The van der Waals surface area contributed by atoms with Gasteiger partial charge in [-0.1, -0.05) is 34.1 Å². The Hall–Kier alpha value is -1.37. The number of benzene rings is 2. The van der Waals surface area contributed by atoms with Gasteiger partial charge in [0.1, 0.15) is 5.75 Å². The molecule has 112 valence electrons. The Morgan fingerprint density at radius 2 is 1.86 bits per heavy atom. The number of rotatable bonds is 6. The van der Waals surface area contributed by atoms with Crippen LogP contribution in [0.2, 0.25) is 0 Å². The average Bonchev–Trinajstić information content (AvgIpc) is 2.48. The van der Waals surface area contributed by atoms with Crippen molar-refractivity contribution >= 4 is 26.0 Å². The van der Waals surface area contributed by atoms with E-state index in [2.05, 4.69) is 20.7 Å². The lowest BCUT2D eigenvalue weighted by Crippen LogP contribution is -2.26. The van der Waals surface area contributed by atoms with Crippen molar-refractivity contribution in [3.8, 4) is 5.75 Å². The van der Waals surface area contributed by atoms with Crippen molar-refractivity contribution in [2.45, 2.75) is 11.3 Å². The van der Waals surface area contributed by atoms with E-state index >= 15 is 0 Å². The number of halogens is 1. The van der Waals surface area contributed by atoms with Gasteiger partial charge in [-0.15, -0.1) is 0 Å². The first-order chi connectivity index (χ1) is 10.0. The Labute approximate surface area is 133 Å². The molecule has 0 bridgehead atoms. The quantitative estimate of drug-likeness (QED) is 0.851. The van der Waals surface area contributed by atoms with E-state index in [1.54, 1.807) is 37.4 Å². The van der Waals surface area contributed by atoms with E-state index in [0.717, 1.165) is 15.8 Å². The lowest BCUT2D eigenvalue weighted by atomic mass is 10.1. The Balaban J connectivity index is 2.03. The van der Waals surface area contributed by atoms with Gasteiger partial charge < -0.3 is 4.74 Å². The van der Waals surface area contributed by atoms with E-state index in [-0.39, 0.29) is 4.90 Å². The maximum absolute atomic E-state index is 12.1. The van der Waals surface area contributed by atoms with Gasteiger partial charge in [0.25, 0.3) is 0 Å². The van der Waals surface area contributed by atoms with Gasteiger partial charge in [-0.2, -0.15) is 0 Å². The second-order valence-corrected chi connectivity index (χ2v) is 7.10. The zero-order valence-electron chi connectivity index (χ0n) is 11.5. The Bertz CT molecular complexity index is 702. The van der Waals surface area contributed by atoms with E-state index in [9.17, 15) is 8.42 Å². The fourth-order valence-electron chi connectivity index (χ4n) is 1.95. The van der Waals surface area contributed by atoms with E-state index in [0.29, 0.717) is 13.0 Å². The summed E-state index contributed by atoms with van der Waals surface area (Å²) in [6.45, 7) is 0.310. The Morgan fingerprint density at radius 3 is 2.52 bits per heavy atom. The van der Waals surface area contributed by atoms with Crippen LogP contribution in [0.5, 0.6) is 5.75 Å². The minimum Gasteiger partial charge on any atom is -0.496 e. The van der Waals surface area contributed by atoms with Crippen LogP contribution in [0.1, 0.15) is 5.56 Å². The molecule has 0 aliphatic carbocycles. The number of ether oxygens (including phenoxy) is 1. The summed E-state index contributed by atoms with van der Waals surface area (Å²) in [4.78, 5) is 0.270. The molecule has 0 unspecified atom stereocenters. The van der Waals surface area contributed by atoms with Crippen molar-refractivity contribution in [2.75, 3.05) is 13.7 Å². The van der Waals surface area contributed by atoms with Crippen LogP contribution in [0.3, 0.4) is 0 Å². The van der Waals surface area contributed by atoms with Crippen LogP contribution in [0.25, 0.3) is 0 Å². The zero-order valence-corrected chi connectivity index (χ0v) is 13.9. The minimum atomic E-state index is -3.46. The molecule has 4 nitrogen and oxygen atoms in total. The average molecular weight is 370 g/mol. The standard InChI is InChI=1S/C15H16BrNO3S/c1-20-15-8-7-13(16)11-12(15)9-10-17-21(18,19)14-5-3-2-4-6-14/h2-8,11,17H,9-10H2,1H3. The third-order valence-corrected chi connectivity index (χ3v) is 4.95. The SMILES string of the molecule is COc1ccc(Br)cc1CCNS(=O)(=O)c1ccccc1. The molecule has 0 fully saturated rings. The van der Waals surface area contributed by atoms with Crippen LogP contribution in [0.15, 0.2) is 57.9 Å². The van der Waals surface area contributed by atoms with Crippen molar-refractivity contribution < 1.29 is 13.2 Å². The van der Waals surface area contributed by atoms with Gasteiger partial charge in [0.2, 0.25) is 10.0 Å². The zero-order chi connectivity index (χ0) is 15.3. The van der Waals surface area contributed by atoms with Gasteiger partial charge >= 0.3 is 0 Å². The second-order valence-electron chi connectivity index (χ2n) is 4.42. The first-order valence-electron chi connectivity index (χ1n) is 6.40. The fraction of sp³-hybridized carbons (Fsp3) is 0.200. The Morgan fingerprint density at radius 1 is 1.14 bits per heavy atom. The van der Waals surface area contributed by atoms with Gasteiger partial charge in [0, 0.05) is 11.0 Å². The van der Waals surface area contributed by atoms with Crippen LogP contribution >= 0.6 is 15.9 Å². The minimum absolute atomic E-state index is 0.270. The summed E-state index contributed by atoms with van der Waals surface area (Å²) in [6, 6.07) is 14.0. The number of hydrogen-bond acceptors (Lipinski definition) is 3. The fourth-order valence-corrected chi connectivity index (χ4v) is 3.41. The maximum Gasteiger partial charge on any atom is 0.240 e. The molecule has 2 rings (SSSR count). The van der Waals surface area contributed by atoms with Crippen molar-refractivity contribution in [3.63, 3.8) is 0 Å². The van der Waals surface area contributed by atoms with Gasteiger partial charge in [0.05, 0.1) is 12.0 Å². The van der Waals surface area contributed by atoms with Crippen LogP contribution in [-0.4, -0.2) is 22.1 Å². The highest BCUT2D eigenvalue weighted by Crippen LogP contribution is 2.23. The molecule has 0 aliphatic rings. The molecule has 0 saturated carbocycles. The highest BCUT2D eigenvalue weighted by molar-refractivity contribution is 9.10. The summed E-state index contributed by atoms with van der Waals surface area (Å²) < 4.78 is 33.0. The molecule has 0 heterocycles. The molecule has 1 N–H and O–H groups in total. The third kappa shape index (κ3) is 4.30. The topological polar surface area (TPSA) is 55.4 Å². The Kier molecular flexibility index (Phi) is 5.39. The largest absolute Gasteiger partial charge is 0.496 e. The van der Waals surface area contributed by atoms with Crippen molar-refractivity contribution in [1.29, 1.82) is 0 Å². The molecular weight excluding hydrogens is 354 g/mol. The smallest absolute Gasteiger partial charge is 0.240 e. The van der Waals surface area contributed by atoms with Crippen LogP contribution in [0.4, 0.5) is 0 Å². The molecule has 0 atom stereocenters. The molecule has 2 aromatic rings. The summed E-state index contributed by atoms with van der Waals surface area (Å²) in [5.41, 5.74) is 0.947. The van der Waals surface area contributed by atoms with Gasteiger partial charge in [-0.25, -0.2) is 13.1 Å². The summed E-state index contributed by atoms with van der Waals surface area (Å²) >= 11 is 3.40. The number of hydrogen-bond donors (Lipinski definition) is 1. The van der Waals surface area contributed by atoms with Gasteiger partial charge in [0.15, 0.2) is 0 Å². The molecule has 0 spiro atoms. The molecule has 0 amide bonds. The maximum atomic E-state index is 12.1. The van der Waals surface area contributed by atoms with E-state index in [4.69, 9.17) is 4.74 Å². The summed E-state index contributed by atoms with van der Waals surface area (Å²) in [7, 11) is -1.86. The van der Waals surface area contributed by atoms with Crippen LogP contribution in [0, 0.1) is 0 Å². The molecule has 0 saturated heterocycles. The monoisotopic (exact) mass is 369 g/mol. The number of methoxy groups -OCH3 is 1. The van der Waals surface area contributed by atoms with Gasteiger partial charge in [-0.3, -0.25) is 0 Å². The van der Waals surface area contributed by atoms with E-state index < -0.39 is 10.0 Å². The van der Waals surface area contributed by atoms with Crippen molar-refractivity contribution in [1.82, 2.24) is 4.72 Å². The summed E-state index contributed by atoms with van der Waals surface area (Å²) in [5, 5.41) is 0.